The topological polar surface area (TPSA) is 138 Å². The molecule has 0 aliphatic carbocycles. The fourth-order valence-electron chi connectivity index (χ4n) is 4.34. The number of Topliss-reactive ketones (excluding diaryl/α,β-unsaturated/α-hetero) is 1. The van der Waals surface area contributed by atoms with E-state index >= 15 is 0 Å². The molecule has 0 spiro atoms. The van der Waals surface area contributed by atoms with Crippen molar-refractivity contribution in [2.75, 3.05) is 26.0 Å². The number of nitrogens with zero attached hydrogens (tertiary/aromatic N) is 3. The number of thiazole rings is 1. The zero-order chi connectivity index (χ0) is 29.7. The van der Waals surface area contributed by atoms with E-state index in [-0.39, 0.29) is 35.5 Å². The molecule has 2 N–H and O–H groups in total. The van der Waals surface area contributed by atoms with E-state index in [9.17, 15) is 24.0 Å². The molecule has 1 unspecified atom stereocenters. The number of rotatable bonds is 11. The summed E-state index contributed by atoms with van der Waals surface area (Å²) in [6.07, 6.45) is 0.274. The van der Waals surface area contributed by atoms with E-state index in [4.69, 9.17) is 4.74 Å². The number of hydrogen-bond donors (Lipinski definition) is 2. The first-order valence-corrected chi connectivity index (χ1v) is 13.9. The van der Waals surface area contributed by atoms with E-state index in [1.807, 2.05) is 30.3 Å². The van der Waals surface area contributed by atoms with Crippen LogP contribution >= 0.6 is 11.3 Å². The van der Waals surface area contributed by atoms with Gasteiger partial charge in [0.15, 0.2) is 17.5 Å². The summed E-state index contributed by atoms with van der Waals surface area (Å²) in [6.45, 7) is 3.35. The lowest BCUT2D eigenvalue weighted by Crippen LogP contribution is -2.50. The summed E-state index contributed by atoms with van der Waals surface area (Å²) in [5, 5.41) is 7.14. The smallest absolute Gasteiger partial charge is 0.325 e. The third-order valence-electron chi connectivity index (χ3n) is 6.73. The van der Waals surface area contributed by atoms with Gasteiger partial charge in [0.1, 0.15) is 23.5 Å². The van der Waals surface area contributed by atoms with Gasteiger partial charge in [-0.1, -0.05) is 56.3 Å². The fraction of sp³-hybridized carbons (Fsp3) is 0.310. The molecule has 3 atom stereocenters. The first-order valence-electron chi connectivity index (χ1n) is 13.0. The molecule has 4 rings (SSSR count). The molecule has 1 aliphatic heterocycles. The minimum atomic E-state index is -1.20. The number of likely N-dealkylation sites (N-methyl/N-ethyl adjacent to an activating group) is 1. The van der Waals surface area contributed by atoms with E-state index in [0.717, 1.165) is 21.8 Å². The van der Waals surface area contributed by atoms with E-state index in [0.29, 0.717) is 11.3 Å². The van der Waals surface area contributed by atoms with Crippen molar-refractivity contribution in [3.8, 4) is 5.75 Å². The van der Waals surface area contributed by atoms with Crippen LogP contribution in [-0.4, -0.2) is 71.1 Å². The van der Waals surface area contributed by atoms with Crippen molar-refractivity contribution in [3.63, 3.8) is 0 Å². The number of nitrogens with one attached hydrogen (secondary N) is 2. The van der Waals surface area contributed by atoms with Crippen LogP contribution in [0.1, 0.15) is 53.8 Å². The highest BCUT2D eigenvalue weighted by Crippen LogP contribution is 2.32. The Balaban J connectivity index is 1.57. The quantitative estimate of drug-likeness (QED) is 0.262. The monoisotopic (exact) mass is 577 g/mol. The summed E-state index contributed by atoms with van der Waals surface area (Å²) in [5.41, 5.74) is 1.49. The molecular formula is C29H31N5O6S. The van der Waals surface area contributed by atoms with Crippen LogP contribution in [0.2, 0.25) is 0 Å². The largest absolute Gasteiger partial charge is 0.484 e. The van der Waals surface area contributed by atoms with Crippen molar-refractivity contribution in [1.82, 2.24) is 20.1 Å². The van der Waals surface area contributed by atoms with Gasteiger partial charge in [0, 0.05) is 31.8 Å². The molecule has 2 aromatic carbocycles. The van der Waals surface area contributed by atoms with Crippen molar-refractivity contribution in [3.05, 3.63) is 76.8 Å². The molecule has 2 heterocycles. The van der Waals surface area contributed by atoms with Crippen LogP contribution < -0.4 is 15.4 Å². The lowest BCUT2D eigenvalue weighted by Gasteiger charge is -2.29. The van der Waals surface area contributed by atoms with Crippen LogP contribution in [-0.2, 0) is 14.4 Å². The third kappa shape index (κ3) is 6.60. The Hall–Kier alpha value is -4.58. The highest BCUT2D eigenvalue weighted by atomic mass is 32.1. The zero-order valence-electron chi connectivity index (χ0n) is 23.1. The number of hydrogen-bond acceptors (Lipinski definition) is 8. The predicted molar refractivity (Wildman–Crippen MR) is 153 cm³/mol. The Kier molecular flexibility index (Phi) is 9.13. The number of ketones is 1. The maximum absolute atomic E-state index is 13.7. The number of urea groups is 1. The van der Waals surface area contributed by atoms with Crippen LogP contribution in [0.25, 0.3) is 0 Å². The number of aromatic nitrogens is 1. The van der Waals surface area contributed by atoms with E-state index in [1.165, 1.54) is 4.90 Å². The number of imide groups is 1. The van der Waals surface area contributed by atoms with Gasteiger partial charge in [-0.25, -0.2) is 14.7 Å². The van der Waals surface area contributed by atoms with Crippen molar-refractivity contribution in [1.29, 1.82) is 0 Å². The van der Waals surface area contributed by atoms with Crippen molar-refractivity contribution in [2.45, 2.75) is 38.3 Å². The second kappa shape index (κ2) is 12.7. The highest BCUT2D eigenvalue weighted by Gasteiger charge is 2.47. The summed E-state index contributed by atoms with van der Waals surface area (Å²) in [6, 6.07) is 12.6. The van der Waals surface area contributed by atoms with Crippen molar-refractivity contribution >= 4 is 46.0 Å². The molecule has 12 heteroatoms. The molecule has 1 aliphatic rings. The number of carbonyl (C=O) groups excluding carboxylic acids is 5. The third-order valence-corrected chi connectivity index (χ3v) is 7.49. The summed E-state index contributed by atoms with van der Waals surface area (Å²) in [5.74, 6) is -1.69. The van der Waals surface area contributed by atoms with Gasteiger partial charge in [-0.05, 0) is 23.3 Å². The van der Waals surface area contributed by atoms with E-state index in [1.54, 1.807) is 57.6 Å². The van der Waals surface area contributed by atoms with Gasteiger partial charge in [-0.3, -0.25) is 19.2 Å². The molecule has 0 radical (unpaired) electrons. The van der Waals surface area contributed by atoms with E-state index in [2.05, 4.69) is 15.6 Å². The number of carbonyl (C=O) groups is 5. The van der Waals surface area contributed by atoms with Crippen LogP contribution in [0, 0.1) is 0 Å². The summed E-state index contributed by atoms with van der Waals surface area (Å²) < 4.78 is 5.49. The molecule has 1 saturated heterocycles. The number of amides is 5. The van der Waals surface area contributed by atoms with Gasteiger partial charge < -0.3 is 20.3 Å². The molecule has 5 amide bonds. The summed E-state index contributed by atoms with van der Waals surface area (Å²) >= 11 is 1.09. The van der Waals surface area contributed by atoms with Gasteiger partial charge in [-0.2, -0.15) is 0 Å². The SMILES string of the molecule is CCC(=O)c1csc(NC(=O)[C@H]([C@@H](C)c2ccccc2)N2C(=O)NC(c3ccc(OCC(=O)N(C)C)cc3)C2=O)n1. The van der Waals surface area contributed by atoms with Gasteiger partial charge in [0.25, 0.3) is 11.8 Å². The minimum absolute atomic E-state index is 0.138. The van der Waals surface area contributed by atoms with Crippen molar-refractivity contribution in [2.24, 2.45) is 0 Å². The Morgan fingerprint density at radius 3 is 2.41 bits per heavy atom. The van der Waals surface area contributed by atoms with Crippen LogP contribution in [0.5, 0.6) is 5.75 Å². The normalized spacial score (nSPS) is 16.1. The first-order chi connectivity index (χ1) is 19.6. The lowest BCUT2D eigenvalue weighted by molar-refractivity contribution is -0.134. The maximum Gasteiger partial charge on any atom is 0.325 e. The number of ether oxygens (including phenoxy) is 1. The van der Waals surface area contributed by atoms with Gasteiger partial charge in [0.2, 0.25) is 5.91 Å². The predicted octanol–water partition coefficient (Wildman–Crippen LogP) is 3.61. The zero-order valence-corrected chi connectivity index (χ0v) is 23.9. The standard InChI is InChI=1S/C29H31N5O6S/c1-5-22(35)21-16-41-28(30-21)32-26(37)25(17(2)18-9-7-6-8-10-18)34-27(38)24(31-29(34)39)19-11-13-20(14-12-19)40-15-23(36)33(3)4/h6-14,16-17,24-25H,5,15H2,1-4H3,(H,31,39)(H,30,32,37)/t17-,24?,25-/m0/s1. The molecule has 11 nitrogen and oxygen atoms in total. The van der Waals surface area contributed by atoms with Crippen molar-refractivity contribution < 1.29 is 28.7 Å². The molecule has 1 fully saturated rings. The molecule has 0 bridgehead atoms. The van der Waals surface area contributed by atoms with Crippen LogP contribution in [0.4, 0.5) is 9.93 Å². The molecule has 214 valence electrons. The Labute approximate surface area is 241 Å². The van der Waals surface area contributed by atoms with Gasteiger partial charge in [-0.15, -0.1) is 11.3 Å². The Morgan fingerprint density at radius 1 is 1.10 bits per heavy atom. The number of anilines is 1. The summed E-state index contributed by atoms with van der Waals surface area (Å²) in [4.78, 5) is 71.0. The maximum atomic E-state index is 13.7. The summed E-state index contributed by atoms with van der Waals surface area (Å²) in [7, 11) is 3.26. The molecule has 1 aromatic heterocycles. The van der Waals surface area contributed by atoms with E-state index < -0.39 is 35.8 Å². The first kappa shape index (κ1) is 29.4. The number of benzene rings is 2. The van der Waals surface area contributed by atoms with Crippen LogP contribution in [0.3, 0.4) is 0 Å². The molecule has 3 aromatic rings. The fourth-order valence-corrected chi connectivity index (χ4v) is 5.06. The van der Waals surface area contributed by atoms with Gasteiger partial charge in [0.05, 0.1) is 0 Å². The van der Waals surface area contributed by atoms with Gasteiger partial charge >= 0.3 is 6.03 Å². The Bertz CT molecular complexity index is 1440. The second-order valence-corrected chi connectivity index (χ2v) is 10.5. The average molecular weight is 578 g/mol. The van der Waals surface area contributed by atoms with Crippen LogP contribution in [0.15, 0.2) is 60.0 Å². The average Bonchev–Trinajstić information content (AvgIpc) is 3.56. The Morgan fingerprint density at radius 2 is 1.78 bits per heavy atom. The second-order valence-electron chi connectivity index (χ2n) is 9.68. The minimum Gasteiger partial charge on any atom is -0.484 e. The lowest BCUT2D eigenvalue weighted by atomic mass is 9.91. The molecule has 0 saturated carbocycles. The highest BCUT2D eigenvalue weighted by molar-refractivity contribution is 7.14. The molecule has 41 heavy (non-hydrogen) atoms. The molecular weight excluding hydrogens is 546 g/mol.